The van der Waals surface area contributed by atoms with Crippen molar-refractivity contribution in [3.63, 3.8) is 0 Å². The van der Waals surface area contributed by atoms with Gasteiger partial charge >= 0.3 is 0 Å². The Bertz CT molecular complexity index is 1190. The fourth-order valence-corrected chi connectivity index (χ4v) is 5.20. The minimum atomic E-state index is -0.344. The molecule has 2 unspecified atom stereocenters. The summed E-state index contributed by atoms with van der Waals surface area (Å²) >= 11 is 0. The quantitative estimate of drug-likeness (QED) is 0.327. The summed E-state index contributed by atoms with van der Waals surface area (Å²) in [6, 6.07) is 18.2. The minimum absolute atomic E-state index is 0.0643. The van der Waals surface area contributed by atoms with Crippen LogP contribution >= 0.6 is 0 Å². The summed E-state index contributed by atoms with van der Waals surface area (Å²) in [5.41, 5.74) is 3.12. The molecule has 33 heavy (non-hydrogen) atoms. The second-order valence-corrected chi connectivity index (χ2v) is 9.44. The predicted molar refractivity (Wildman–Crippen MR) is 133 cm³/mol. The van der Waals surface area contributed by atoms with Crippen LogP contribution in [0.1, 0.15) is 50.4 Å². The maximum Gasteiger partial charge on any atom is 0.237 e. The molecule has 1 aliphatic rings. The number of rotatable bonds is 8. The highest BCUT2D eigenvalue weighted by atomic mass is 16.3. The number of fused-ring (bicyclic) bond motifs is 2. The summed E-state index contributed by atoms with van der Waals surface area (Å²) in [5.74, 6) is 1.48. The average Bonchev–Trinajstić information content (AvgIpc) is 3.46. The van der Waals surface area contributed by atoms with Crippen LogP contribution in [0, 0.1) is 5.92 Å². The highest BCUT2D eigenvalue weighted by Gasteiger charge is 2.26. The van der Waals surface area contributed by atoms with E-state index in [0.717, 1.165) is 27.8 Å². The van der Waals surface area contributed by atoms with E-state index in [2.05, 4.69) is 34.7 Å². The molecule has 2 aromatic heterocycles. The van der Waals surface area contributed by atoms with Crippen molar-refractivity contribution in [2.75, 3.05) is 0 Å². The van der Waals surface area contributed by atoms with Gasteiger partial charge in [0.15, 0.2) is 0 Å². The van der Waals surface area contributed by atoms with Crippen LogP contribution in [0.25, 0.3) is 21.9 Å². The molecule has 5 rings (SSSR count). The molecular formula is C28H33N3O2. The van der Waals surface area contributed by atoms with E-state index in [0.29, 0.717) is 18.9 Å². The Hall–Kier alpha value is -3.05. The number of aromatic amines is 1. The van der Waals surface area contributed by atoms with Crippen molar-refractivity contribution in [3.8, 4) is 0 Å². The van der Waals surface area contributed by atoms with Gasteiger partial charge in [-0.2, -0.15) is 0 Å². The molecule has 1 amide bonds. The van der Waals surface area contributed by atoms with Crippen LogP contribution < -0.4 is 10.6 Å². The van der Waals surface area contributed by atoms with E-state index in [-0.39, 0.29) is 18.0 Å². The molecule has 4 aromatic rings. The highest BCUT2D eigenvalue weighted by Crippen LogP contribution is 2.27. The number of benzene rings is 2. The first-order chi connectivity index (χ1) is 16.2. The Labute approximate surface area is 194 Å². The molecule has 1 aliphatic carbocycles. The second kappa shape index (κ2) is 9.84. The first kappa shape index (κ1) is 21.8. The number of nitrogens with one attached hydrogen (secondary N) is 3. The Kier molecular flexibility index (Phi) is 6.49. The molecule has 2 heterocycles. The third-order valence-electron chi connectivity index (χ3n) is 7.14. The zero-order valence-electron chi connectivity index (χ0n) is 19.3. The van der Waals surface area contributed by atoms with Gasteiger partial charge in [-0.1, -0.05) is 55.7 Å². The van der Waals surface area contributed by atoms with Crippen molar-refractivity contribution in [3.05, 3.63) is 72.1 Å². The van der Waals surface area contributed by atoms with Crippen LogP contribution in [-0.2, 0) is 17.8 Å². The van der Waals surface area contributed by atoms with Gasteiger partial charge in [0, 0.05) is 28.5 Å². The molecule has 2 atom stereocenters. The van der Waals surface area contributed by atoms with E-state index < -0.39 is 0 Å². The van der Waals surface area contributed by atoms with E-state index in [4.69, 9.17) is 4.42 Å². The van der Waals surface area contributed by atoms with Gasteiger partial charge in [0.05, 0.1) is 12.6 Å². The van der Waals surface area contributed by atoms with Crippen LogP contribution in [0.15, 0.2) is 65.2 Å². The molecule has 0 saturated heterocycles. The Balaban J connectivity index is 1.32. The number of hydrogen-bond acceptors (Lipinski definition) is 3. The van der Waals surface area contributed by atoms with Gasteiger partial charge in [-0.05, 0) is 55.9 Å². The first-order valence-corrected chi connectivity index (χ1v) is 12.2. The smallest absolute Gasteiger partial charge is 0.237 e. The van der Waals surface area contributed by atoms with Crippen molar-refractivity contribution in [2.24, 2.45) is 5.92 Å². The normalized spacial score (nSPS) is 16.8. The number of H-pyrrole nitrogens is 1. The molecule has 0 aliphatic heterocycles. The lowest BCUT2D eigenvalue weighted by Crippen LogP contribution is -2.49. The lowest BCUT2D eigenvalue weighted by Gasteiger charge is -2.29. The molecule has 0 spiro atoms. The van der Waals surface area contributed by atoms with Crippen LogP contribution in [0.2, 0.25) is 0 Å². The number of hydrogen-bond donors (Lipinski definition) is 3. The lowest BCUT2D eigenvalue weighted by molar-refractivity contribution is -0.124. The van der Waals surface area contributed by atoms with E-state index in [1.54, 1.807) is 0 Å². The number of carbonyl (C=O) groups excluding carboxylic acids is 1. The van der Waals surface area contributed by atoms with Gasteiger partial charge in [-0.3, -0.25) is 10.1 Å². The number of carbonyl (C=O) groups is 1. The standard InChI is InChI=1S/C28H33N3O2/c1-19(20-9-3-2-4-10-20)31-28(32)26(16-22-17-29-25-13-7-6-12-24(22)25)30-18-23-15-21-11-5-8-14-27(21)33-23/h5-8,11-15,17,19-20,26,29-30H,2-4,9-10,16,18H2,1H3,(H,31,32). The van der Waals surface area contributed by atoms with Crippen molar-refractivity contribution < 1.29 is 9.21 Å². The molecule has 0 bridgehead atoms. The number of para-hydroxylation sites is 2. The summed E-state index contributed by atoms with van der Waals surface area (Å²) in [6.45, 7) is 2.67. The van der Waals surface area contributed by atoms with Crippen LogP contribution in [0.5, 0.6) is 0 Å². The van der Waals surface area contributed by atoms with Crippen LogP contribution in [0.3, 0.4) is 0 Å². The van der Waals surface area contributed by atoms with Gasteiger partial charge in [0.1, 0.15) is 11.3 Å². The zero-order chi connectivity index (χ0) is 22.6. The third kappa shape index (κ3) is 4.98. The first-order valence-electron chi connectivity index (χ1n) is 12.2. The lowest BCUT2D eigenvalue weighted by atomic mass is 9.84. The molecule has 1 saturated carbocycles. The van der Waals surface area contributed by atoms with Crippen LogP contribution in [0.4, 0.5) is 0 Å². The fourth-order valence-electron chi connectivity index (χ4n) is 5.20. The molecule has 3 N–H and O–H groups in total. The molecule has 1 fully saturated rings. The van der Waals surface area contributed by atoms with Crippen LogP contribution in [-0.4, -0.2) is 23.0 Å². The molecular weight excluding hydrogens is 410 g/mol. The summed E-state index contributed by atoms with van der Waals surface area (Å²) < 4.78 is 5.98. The SMILES string of the molecule is CC(NC(=O)C(Cc1c[nH]c2ccccc12)NCc1cc2ccccc2o1)C1CCCCC1. The number of furan rings is 1. The van der Waals surface area contributed by atoms with Crippen molar-refractivity contribution in [1.29, 1.82) is 0 Å². The molecule has 172 valence electrons. The van der Waals surface area contributed by atoms with E-state index >= 15 is 0 Å². The maximum absolute atomic E-state index is 13.4. The summed E-state index contributed by atoms with van der Waals surface area (Å²) in [6.07, 6.45) is 8.93. The number of aromatic nitrogens is 1. The van der Waals surface area contributed by atoms with Gasteiger partial charge < -0.3 is 14.7 Å². The Morgan fingerprint density at radius 1 is 1.09 bits per heavy atom. The van der Waals surface area contributed by atoms with Gasteiger partial charge in [0.25, 0.3) is 0 Å². The highest BCUT2D eigenvalue weighted by molar-refractivity contribution is 5.86. The van der Waals surface area contributed by atoms with Crippen molar-refractivity contribution in [1.82, 2.24) is 15.6 Å². The zero-order valence-corrected chi connectivity index (χ0v) is 19.3. The average molecular weight is 444 g/mol. The van der Waals surface area contributed by atoms with Gasteiger partial charge in [-0.15, -0.1) is 0 Å². The molecule has 5 nitrogen and oxygen atoms in total. The van der Waals surface area contributed by atoms with E-state index in [1.165, 1.54) is 37.5 Å². The molecule has 5 heteroatoms. The Morgan fingerprint density at radius 3 is 2.73 bits per heavy atom. The maximum atomic E-state index is 13.4. The monoisotopic (exact) mass is 443 g/mol. The second-order valence-electron chi connectivity index (χ2n) is 9.44. The molecule has 0 radical (unpaired) electrons. The minimum Gasteiger partial charge on any atom is -0.460 e. The Morgan fingerprint density at radius 2 is 1.88 bits per heavy atom. The van der Waals surface area contributed by atoms with Crippen molar-refractivity contribution in [2.45, 2.75) is 64.1 Å². The predicted octanol–water partition coefficient (Wildman–Crippen LogP) is 5.70. The largest absolute Gasteiger partial charge is 0.460 e. The fraction of sp³-hybridized carbons (Fsp3) is 0.393. The van der Waals surface area contributed by atoms with Crippen molar-refractivity contribution >= 4 is 27.8 Å². The van der Waals surface area contributed by atoms with E-state index in [9.17, 15) is 4.79 Å². The van der Waals surface area contributed by atoms with Gasteiger partial charge in [-0.25, -0.2) is 0 Å². The van der Waals surface area contributed by atoms with E-state index in [1.807, 2.05) is 48.7 Å². The van der Waals surface area contributed by atoms with Gasteiger partial charge in [0.2, 0.25) is 5.91 Å². The topological polar surface area (TPSA) is 70.1 Å². The molecule has 2 aromatic carbocycles. The number of amides is 1. The summed E-state index contributed by atoms with van der Waals surface area (Å²) in [7, 11) is 0. The third-order valence-corrected chi connectivity index (χ3v) is 7.14. The summed E-state index contributed by atoms with van der Waals surface area (Å²) in [5, 5.41) is 9.07. The summed E-state index contributed by atoms with van der Waals surface area (Å²) in [4.78, 5) is 16.8.